The maximum Gasteiger partial charge on any atom is 0.251 e. The van der Waals surface area contributed by atoms with Gasteiger partial charge in [0.15, 0.2) is 0 Å². The number of nitrogens with two attached hydrogens (primary N) is 1. The molecule has 0 spiro atoms. The lowest BCUT2D eigenvalue weighted by Gasteiger charge is -2.14. The normalized spacial score (nSPS) is 19.1. The Morgan fingerprint density at radius 3 is 2.58 bits per heavy atom. The third-order valence-electron chi connectivity index (χ3n) is 3.16. The fraction of sp³-hybridized carbons (Fsp3) is 0.455. The van der Waals surface area contributed by atoms with Crippen LogP contribution < -0.4 is 11.1 Å². The van der Waals surface area contributed by atoms with Crippen LogP contribution in [-0.2, 0) is 16.6 Å². The molecule has 1 saturated heterocycles. The zero-order chi connectivity index (χ0) is 14.3. The van der Waals surface area contributed by atoms with Crippen molar-refractivity contribution in [3.05, 3.63) is 11.3 Å². The predicted octanol–water partition coefficient (Wildman–Crippen LogP) is -0.468. The van der Waals surface area contributed by atoms with Crippen LogP contribution in [0.15, 0.2) is 0 Å². The molecule has 0 bridgehead atoms. The van der Waals surface area contributed by atoms with Crippen LogP contribution >= 0.6 is 12.2 Å². The van der Waals surface area contributed by atoms with Gasteiger partial charge in [0.1, 0.15) is 16.8 Å². The van der Waals surface area contributed by atoms with Gasteiger partial charge in [0.25, 0.3) is 5.91 Å². The number of hydrogen-bond acceptors (Lipinski definition) is 5. The fourth-order valence-corrected chi connectivity index (χ4v) is 2.40. The van der Waals surface area contributed by atoms with Gasteiger partial charge < -0.3 is 11.1 Å². The molecule has 2 heterocycles. The minimum atomic E-state index is -0.597. The van der Waals surface area contributed by atoms with E-state index >= 15 is 0 Å². The van der Waals surface area contributed by atoms with E-state index < -0.39 is 6.04 Å². The number of aryl methyl sites for hydroxylation is 2. The molecular weight excluding hydrogens is 266 g/mol. The topological polar surface area (TPSA) is 93.2 Å². The van der Waals surface area contributed by atoms with Gasteiger partial charge in [-0.05, 0) is 6.92 Å². The number of carbonyl (C=O) groups is 2. The van der Waals surface area contributed by atoms with Crippen molar-refractivity contribution in [2.45, 2.75) is 19.4 Å². The minimum absolute atomic E-state index is 0.121. The summed E-state index contributed by atoms with van der Waals surface area (Å²) in [6.45, 7) is 1.79. The fourth-order valence-electron chi connectivity index (χ4n) is 2.15. The molecule has 3 N–H and O–H groups in total. The van der Waals surface area contributed by atoms with Crippen molar-refractivity contribution >= 4 is 34.8 Å². The smallest absolute Gasteiger partial charge is 0.251 e. The number of nitrogens with zero attached hydrogens (tertiary/aromatic N) is 3. The Hall–Kier alpha value is -1.96. The first kappa shape index (κ1) is 13.5. The first-order valence-corrected chi connectivity index (χ1v) is 6.14. The highest BCUT2D eigenvalue weighted by molar-refractivity contribution is 7.80. The number of likely N-dealkylation sites (N-methyl/N-ethyl adjacent to an activating group) is 1. The molecular formula is C11H15N5O2S. The average Bonchev–Trinajstić information content (AvgIpc) is 2.72. The summed E-state index contributed by atoms with van der Waals surface area (Å²) in [5.74, 6) is 0.0856. The number of hydrogen-bond donors (Lipinski definition) is 2. The standard InChI is InChI=1S/C11H15N5O2S/c1-5-8(9(12)19)10(16(3)14-5)13-6-4-7(17)15(2)11(6)18/h6,13H,4H2,1-3H3,(H2,12,19). The van der Waals surface area contributed by atoms with Crippen molar-refractivity contribution in [1.29, 1.82) is 0 Å². The molecule has 0 aliphatic carbocycles. The van der Waals surface area contributed by atoms with E-state index in [9.17, 15) is 9.59 Å². The summed E-state index contributed by atoms with van der Waals surface area (Å²) in [7, 11) is 3.19. The zero-order valence-corrected chi connectivity index (χ0v) is 11.7. The van der Waals surface area contributed by atoms with E-state index in [0.29, 0.717) is 17.1 Å². The molecule has 102 valence electrons. The highest BCUT2D eigenvalue weighted by Crippen LogP contribution is 2.22. The molecule has 1 aromatic heterocycles. The van der Waals surface area contributed by atoms with E-state index in [4.69, 9.17) is 18.0 Å². The van der Waals surface area contributed by atoms with Gasteiger partial charge >= 0.3 is 0 Å². The lowest BCUT2D eigenvalue weighted by molar-refractivity contribution is -0.136. The average molecular weight is 281 g/mol. The summed E-state index contributed by atoms with van der Waals surface area (Å²) in [6, 6.07) is -0.597. The van der Waals surface area contributed by atoms with E-state index in [2.05, 4.69) is 10.4 Å². The number of likely N-dealkylation sites (tertiary alicyclic amines) is 1. The molecule has 2 rings (SSSR count). The number of thiocarbonyl (C=S) groups is 1. The number of imide groups is 1. The second-order valence-electron chi connectivity index (χ2n) is 4.49. The summed E-state index contributed by atoms with van der Waals surface area (Å²) < 4.78 is 1.57. The molecule has 1 aromatic rings. The van der Waals surface area contributed by atoms with Gasteiger partial charge in [-0.15, -0.1) is 0 Å². The summed E-state index contributed by atoms with van der Waals surface area (Å²) in [5.41, 5.74) is 6.96. The number of carbonyl (C=O) groups excluding carboxylic acids is 2. The van der Waals surface area contributed by atoms with Crippen molar-refractivity contribution in [2.75, 3.05) is 12.4 Å². The Morgan fingerprint density at radius 1 is 1.47 bits per heavy atom. The van der Waals surface area contributed by atoms with Crippen LogP contribution in [0.25, 0.3) is 0 Å². The molecule has 1 unspecified atom stereocenters. The minimum Gasteiger partial charge on any atom is -0.389 e. The Kier molecular flexibility index (Phi) is 3.27. The van der Waals surface area contributed by atoms with Crippen LogP contribution in [0.4, 0.5) is 5.82 Å². The SMILES string of the molecule is Cc1nn(C)c(NC2CC(=O)N(C)C2=O)c1C(N)=S. The maximum atomic E-state index is 11.9. The molecule has 1 aliphatic rings. The van der Waals surface area contributed by atoms with Crippen molar-refractivity contribution in [3.8, 4) is 0 Å². The maximum absolute atomic E-state index is 11.9. The van der Waals surface area contributed by atoms with Gasteiger partial charge in [0.05, 0.1) is 17.7 Å². The molecule has 1 fully saturated rings. The molecule has 7 nitrogen and oxygen atoms in total. The highest BCUT2D eigenvalue weighted by Gasteiger charge is 2.37. The second-order valence-corrected chi connectivity index (χ2v) is 4.93. The Bertz CT molecular complexity index is 580. The van der Waals surface area contributed by atoms with Crippen LogP contribution in [0.5, 0.6) is 0 Å². The van der Waals surface area contributed by atoms with E-state index in [1.54, 1.807) is 18.7 Å². The monoisotopic (exact) mass is 281 g/mol. The van der Waals surface area contributed by atoms with Gasteiger partial charge in [-0.3, -0.25) is 19.2 Å². The van der Waals surface area contributed by atoms with E-state index in [1.165, 1.54) is 7.05 Å². The van der Waals surface area contributed by atoms with Gasteiger partial charge in [-0.1, -0.05) is 12.2 Å². The van der Waals surface area contributed by atoms with Crippen LogP contribution in [0, 0.1) is 6.92 Å². The van der Waals surface area contributed by atoms with Gasteiger partial charge in [0, 0.05) is 14.1 Å². The van der Waals surface area contributed by atoms with Gasteiger partial charge in [-0.2, -0.15) is 5.10 Å². The number of aromatic nitrogens is 2. The van der Waals surface area contributed by atoms with Crippen molar-refractivity contribution in [1.82, 2.24) is 14.7 Å². The lowest BCUT2D eigenvalue weighted by Crippen LogP contribution is -2.33. The van der Waals surface area contributed by atoms with Crippen molar-refractivity contribution in [2.24, 2.45) is 12.8 Å². The summed E-state index contributed by atoms with van der Waals surface area (Å²) in [4.78, 5) is 24.7. The number of anilines is 1. The van der Waals surface area contributed by atoms with Gasteiger partial charge in [0.2, 0.25) is 5.91 Å². The van der Waals surface area contributed by atoms with E-state index in [-0.39, 0.29) is 23.2 Å². The van der Waals surface area contributed by atoms with Crippen LogP contribution in [0.2, 0.25) is 0 Å². The van der Waals surface area contributed by atoms with E-state index in [1.807, 2.05) is 0 Å². The van der Waals surface area contributed by atoms with Crippen molar-refractivity contribution in [3.63, 3.8) is 0 Å². The first-order valence-electron chi connectivity index (χ1n) is 5.73. The number of nitrogens with one attached hydrogen (secondary N) is 1. The summed E-state index contributed by atoms with van der Waals surface area (Å²) in [5, 5.41) is 7.23. The molecule has 1 atom stereocenters. The quantitative estimate of drug-likeness (QED) is 0.575. The van der Waals surface area contributed by atoms with Crippen LogP contribution in [0.3, 0.4) is 0 Å². The molecule has 0 saturated carbocycles. The lowest BCUT2D eigenvalue weighted by atomic mass is 10.2. The van der Waals surface area contributed by atoms with Gasteiger partial charge in [-0.25, -0.2) is 0 Å². The first-order chi connectivity index (χ1) is 8.82. The Balaban J connectivity index is 2.32. The molecule has 0 radical (unpaired) electrons. The molecule has 8 heteroatoms. The summed E-state index contributed by atoms with van der Waals surface area (Å²) in [6.07, 6.45) is 0.121. The predicted molar refractivity (Wildman–Crippen MR) is 73.6 cm³/mol. The molecule has 19 heavy (non-hydrogen) atoms. The Labute approximate surface area is 115 Å². The third kappa shape index (κ3) is 2.19. The largest absolute Gasteiger partial charge is 0.389 e. The molecule has 1 aliphatic heterocycles. The highest BCUT2D eigenvalue weighted by atomic mass is 32.1. The number of rotatable bonds is 3. The van der Waals surface area contributed by atoms with Crippen molar-refractivity contribution < 1.29 is 9.59 Å². The third-order valence-corrected chi connectivity index (χ3v) is 3.37. The Morgan fingerprint density at radius 2 is 2.11 bits per heavy atom. The number of amides is 2. The van der Waals surface area contributed by atoms with E-state index in [0.717, 1.165) is 4.90 Å². The molecule has 2 amide bonds. The van der Waals surface area contributed by atoms with Crippen LogP contribution in [0.1, 0.15) is 17.7 Å². The van der Waals surface area contributed by atoms with Crippen LogP contribution in [-0.4, -0.2) is 44.6 Å². The zero-order valence-electron chi connectivity index (χ0n) is 10.9. The second kappa shape index (κ2) is 4.61. The summed E-state index contributed by atoms with van der Waals surface area (Å²) >= 11 is 4.99. The molecule has 0 aromatic carbocycles.